The Kier molecular flexibility index (Phi) is 4.35. The molecule has 0 radical (unpaired) electrons. The van der Waals surface area contributed by atoms with Crippen molar-refractivity contribution in [3.05, 3.63) is 17.9 Å². The van der Waals surface area contributed by atoms with Crippen molar-refractivity contribution in [3.8, 4) is 0 Å². The van der Waals surface area contributed by atoms with Crippen LogP contribution in [-0.2, 0) is 14.6 Å². The van der Waals surface area contributed by atoms with Crippen LogP contribution in [-0.4, -0.2) is 49.1 Å². The molecule has 0 saturated carbocycles. The highest BCUT2D eigenvalue weighted by Crippen LogP contribution is 2.16. The van der Waals surface area contributed by atoms with Gasteiger partial charge in [0.05, 0.1) is 0 Å². The Hall–Kier alpha value is -1.83. The van der Waals surface area contributed by atoms with Gasteiger partial charge in [-0.15, -0.1) is 0 Å². The van der Waals surface area contributed by atoms with Crippen LogP contribution < -0.4 is 0 Å². The summed E-state index contributed by atoms with van der Waals surface area (Å²) >= 11 is 0. The van der Waals surface area contributed by atoms with Crippen LogP contribution >= 0.6 is 0 Å². The molecule has 0 aliphatic heterocycles. The third-order valence-electron chi connectivity index (χ3n) is 2.35. The van der Waals surface area contributed by atoms with Gasteiger partial charge in [0.1, 0.15) is 6.54 Å². The normalized spacial score (nSPS) is 11.6. The van der Waals surface area contributed by atoms with E-state index in [2.05, 4.69) is 0 Å². The van der Waals surface area contributed by atoms with Gasteiger partial charge < -0.3 is 14.4 Å². The first kappa shape index (κ1) is 15.2. The molecular formula is C11H15NO6S. The number of carbonyl (C=O) groups is 2. The predicted octanol–water partition coefficient (Wildman–Crippen LogP) is 0.618. The third-order valence-corrected chi connectivity index (χ3v) is 3.30. The van der Waals surface area contributed by atoms with E-state index in [0.717, 1.165) is 11.2 Å². The quantitative estimate of drug-likeness (QED) is 0.851. The van der Waals surface area contributed by atoms with Crippen molar-refractivity contribution in [2.75, 3.05) is 12.8 Å². The van der Waals surface area contributed by atoms with Crippen LogP contribution in [0.25, 0.3) is 0 Å². The lowest BCUT2D eigenvalue weighted by molar-refractivity contribution is -0.138. The molecule has 0 aliphatic rings. The molecule has 1 heterocycles. The molecule has 0 aromatic carbocycles. The van der Waals surface area contributed by atoms with Gasteiger partial charge >= 0.3 is 5.97 Å². The molecule has 1 aromatic rings. The van der Waals surface area contributed by atoms with Gasteiger partial charge in [-0.25, -0.2) is 8.42 Å². The van der Waals surface area contributed by atoms with E-state index in [1.165, 1.54) is 12.1 Å². The maximum Gasteiger partial charge on any atom is 0.323 e. The highest BCUT2D eigenvalue weighted by molar-refractivity contribution is 7.90. The van der Waals surface area contributed by atoms with Crippen LogP contribution in [0.15, 0.2) is 21.6 Å². The predicted molar refractivity (Wildman–Crippen MR) is 65.6 cm³/mol. The summed E-state index contributed by atoms with van der Waals surface area (Å²) < 4.78 is 27.4. The summed E-state index contributed by atoms with van der Waals surface area (Å²) in [5.74, 6) is -2.01. The molecule has 0 fully saturated rings. The summed E-state index contributed by atoms with van der Waals surface area (Å²) in [6.45, 7) is 2.83. The molecule has 106 valence electrons. The summed E-state index contributed by atoms with van der Waals surface area (Å²) in [5, 5.41) is 8.42. The second-order valence-corrected chi connectivity index (χ2v) is 6.26. The van der Waals surface area contributed by atoms with Crippen molar-refractivity contribution in [2.45, 2.75) is 25.0 Å². The highest BCUT2D eigenvalue weighted by Gasteiger charge is 2.25. The number of carboxylic acids is 1. The Balaban J connectivity index is 3.04. The zero-order valence-corrected chi connectivity index (χ0v) is 11.6. The van der Waals surface area contributed by atoms with E-state index in [4.69, 9.17) is 9.52 Å². The van der Waals surface area contributed by atoms with Crippen molar-refractivity contribution in [2.24, 2.45) is 0 Å². The average molecular weight is 289 g/mol. The van der Waals surface area contributed by atoms with Crippen molar-refractivity contribution < 1.29 is 27.5 Å². The molecule has 1 rings (SSSR count). The summed E-state index contributed by atoms with van der Waals surface area (Å²) in [6.07, 6.45) is 0.956. The van der Waals surface area contributed by atoms with Gasteiger partial charge in [-0.1, -0.05) is 0 Å². The maximum atomic E-state index is 12.0. The average Bonchev–Trinajstić information content (AvgIpc) is 2.72. The minimum absolute atomic E-state index is 0.199. The van der Waals surface area contributed by atoms with E-state index in [0.29, 0.717) is 0 Å². The molecule has 0 bridgehead atoms. The number of hydrogen-bond acceptors (Lipinski definition) is 5. The molecule has 0 saturated heterocycles. The third kappa shape index (κ3) is 3.82. The number of hydrogen-bond donors (Lipinski definition) is 1. The van der Waals surface area contributed by atoms with Crippen molar-refractivity contribution in [3.63, 3.8) is 0 Å². The Bertz CT molecular complexity index is 586. The second kappa shape index (κ2) is 5.43. The van der Waals surface area contributed by atoms with Crippen LogP contribution in [0.3, 0.4) is 0 Å². The minimum atomic E-state index is -3.54. The Morgan fingerprint density at radius 1 is 1.37 bits per heavy atom. The zero-order valence-electron chi connectivity index (χ0n) is 10.8. The topological polar surface area (TPSA) is 105 Å². The van der Waals surface area contributed by atoms with Crippen LogP contribution in [0.5, 0.6) is 0 Å². The molecule has 1 amide bonds. The van der Waals surface area contributed by atoms with Crippen LogP contribution in [0, 0.1) is 0 Å². The zero-order chi connectivity index (χ0) is 14.8. The molecule has 7 nitrogen and oxygen atoms in total. The summed E-state index contributed by atoms with van der Waals surface area (Å²) in [7, 11) is -3.54. The number of carboxylic acid groups (broad SMARTS) is 1. The molecule has 0 spiro atoms. The van der Waals surface area contributed by atoms with Crippen LogP contribution in [0.1, 0.15) is 24.4 Å². The molecular weight excluding hydrogens is 274 g/mol. The number of aliphatic carboxylic acids is 1. The van der Waals surface area contributed by atoms with Gasteiger partial charge in [-0.3, -0.25) is 9.59 Å². The molecule has 19 heavy (non-hydrogen) atoms. The second-order valence-electron chi connectivity index (χ2n) is 4.31. The monoisotopic (exact) mass is 289 g/mol. The number of rotatable bonds is 5. The van der Waals surface area contributed by atoms with Gasteiger partial charge in [-0.2, -0.15) is 0 Å². The van der Waals surface area contributed by atoms with Gasteiger partial charge in [0.15, 0.2) is 5.76 Å². The fourth-order valence-corrected chi connectivity index (χ4v) is 1.97. The van der Waals surface area contributed by atoms with E-state index in [1.54, 1.807) is 13.8 Å². The smallest absolute Gasteiger partial charge is 0.323 e. The van der Waals surface area contributed by atoms with Gasteiger partial charge in [-0.05, 0) is 26.0 Å². The maximum absolute atomic E-state index is 12.0. The van der Waals surface area contributed by atoms with Gasteiger partial charge in [0, 0.05) is 12.3 Å². The lowest BCUT2D eigenvalue weighted by Crippen LogP contribution is -2.40. The number of furan rings is 1. The summed E-state index contributed by atoms with van der Waals surface area (Å²) in [4.78, 5) is 23.8. The first-order valence-corrected chi connectivity index (χ1v) is 7.34. The molecule has 1 aromatic heterocycles. The van der Waals surface area contributed by atoms with Crippen molar-refractivity contribution in [1.29, 1.82) is 0 Å². The molecule has 0 aliphatic carbocycles. The van der Waals surface area contributed by atoms with Crippen molar-refractivity contribution in [1.82, 2.24) is 4.90 Å². The first-order valence-electron chi connectivity index (χ1n) is 5.45. The molecule has 0 unspecified atom stereocenters. The van der Waals surface area contributed by atoms with Gasteiger partial charge in [0.2, 0.25) is 14.9 Å². The SMILES string of the molecule is CC(C)N(CC(=O)O)C(=O)c1ccc(S(C)(=O)=O)o1. The fourth-order valence-electron chi connectivity index (χ4n) is 1.41. The fraction of sp³-hybridized carbons (Fsp3) is 0.455. The number of carbonyl (C=O) groups excluding carboxylic acids is 1. The standard InChI is InChI=1S/C11H15NO6S/c1-7(2)12(6-9(13)14)11(15)8-4-5-10(18-8)19(3,16)17/h4-5,7H,6H2,1-3H3,(H,13,14). The number of sulfone groups is 1. The minimum Gasteiger partial charge on any atom is -0.480 e. The van der Waals surface area contributed by atoms with E-state index in [-0.39, 0.29) is 16.9 Å². The number of amides is 1. The molecule has 8 heteroatoms. The first-order chi connectivity index (χ1) is 8.62. The Morgan fingerprint density at radius 3 is 2.32 bits per heavy atom. The van der Waals surface area contributed by atoms with E-state index < -0.39 is 28.3 Å². The molecule has 1 N–H and O–H groups in total. The molecule has 0 atom stereocenters. The van der Waals surface area contributed by atoms with E-state index in [1.807, 2.05) is 0 Å². The van der Waals surface area contributed by atoms with E-state index in [9.17, 15) is 18.0 Å². The van der Waals surface area contributed by atoms with Crippen LogP contribution in [0.2, 0.25) is 0 Å². The van der Waals surface area contributed by atoms with Crippen molar-refractivity contribution >= 4 is 21.7 Å². The lowest BCUT2D eigenvalue weighted by Gasteiger charge is -2.23. The van der Waals surface area contributed by atoms with Crippen LogP contribution in [0.4, 0.5) is 0 Å². The summed E-state index contributed by atoms with van der Waals surface area (Å²) in [5.41, 5.74) is 0. The van der Waals surface area contributed by atoms with E-state index >= 15 is 0 Å². The largest absolute Gasteiger partial charge is 0.480 e. The Labute approximate surface area is 110 Å². The Morgan fingerprint density at radius 2 is 1.95 bits per heavy atom. The highest BCUT2D eigenvalue weighted by atomic mass is 32.2. The van der Waals surface area contributed by atoms with Gasteiger partial charge in [0.25, 0.3) is 5.91 Å². The number of nitrogens with zero attached hydrogens (tertiary/aromatic N) is 1. The lowest BCUT2D eigenvalue weighted by atomic mass is 10.3. The summed E-state index contributed by atoms with van der Waals surface area (Å²) in [6, 6.07) is 2.04.